The van der Waals surface area contributed by atoms with Crippen molar-refractivity contribution in [3.63, 3.8) is 0 Å². The SMILES string of the molecule is CCOc1cc(/C=C\C(N)=O)ccc1OC(C)C. The van der Waals surface area contributed by atoms with Crippen LogP contribution in [0, 0.1) is 0 Å². The molecule has 4 heteroatoms. The average molecular weight is 249 g/mol. The summed E-state index contributed by atoms with van der Waals surface area (Å²) in [7, 11) is 0. The molecule has 1 aromatic carbocycles. The summed E-state index contributed by atoms with van der Waals surface area (Å²) in [6.07, 6.45) is 3.04. The van der Waals surface area contributed by atoms with Crippen LogP contribution in [0.15, 0.2) is 24.3 Å². The van der Waals surface area contributed by atoms with Gasteiger partial charge in [0.2, 0.25) is 5.91 Å². The number of nitrogens with two attached hydrogens (primary N) is 1. The molecule has 2 N–H and O–H groups in total. The first kappa shape index (κ1) is 14.1. The van der Waals surface area contributed by atoms with E-state index in [4.69, 9.17) is 15.2 Å². The second-order valence-electron chi connectivity index (χ2n) is 4.04. The molecule has 0 bridgehead atoms. The Bertz CT molecular complexity index is 439. The van der Waals surface area contributed by atoms with E-state index in [0.29, 0.717) is 18.1 Å². The summed E-state index contributed by atoms with van der Waals surface area (Å²) in [5, 5.41) is 0. The first-order valence-corrected chi connectivity index (χ1v) is 5.94. The molecule has 0 heterocycles. The Morgan fingerprint density at radius 3 is 2.67 bits per heavy atom. The number of benzene rings is 1. The zero-order valence-electron chi connectivity index (χ0n) is 11.0. The van der Waals surface area contributed by atoms with Crippen molar-refractivity contribution in [1.82, 2.24) is 0 Å². The number of hydrogen-bond donors (Lipinski definition) is 1. The molecule has 0 saturated heterocycles. The molecule has 1 aromatic rings. The number of hydrogen-bond acceptors (Lipinski definition) is 3. The van der Waals surface area contributed by atoms with Crippen LogP contribution in [0.5, 0.6) is 11.5 Å². The van der Waals surface area contributed by atoms with Crippen molar-refractivity contribution in [3.05, 3.63) is 29.8 Å². The molecule has 0 spiro atoms. The van der Waals surface area contributed by atoms with E-state index < -0.39 is 5.91 Å². The Morgan fingerprint density at radius 2 is 2.11 bits per heavy atom. The predicted octanol–water partition coefficient (Wildman–Crippen LogP) is 2.37. The first-order valence-electron chi connectivity index (χ1n) is 5.94. The number of carbonyl (C=O) groups excluding carboxylic acids is 1. The van der Waals surface area contributed by atoms with E-state index in [9.17, 15) is 4.79 Å². The maximum atomic E-state index is 10.7. The van der Waals surface area contributed by atoms with Gasteiger partial charge in [0, 0.05) is 6.08 Å². The highest BCUT2D eigenvalue weighted by Gasteiger charge is 2.07. The van der Waals surface area contributed by atoms with Crippen LogP contribution in [0.2, 0.25) is 0 Å². The topological polar surface area (TPSA) is 61.5 Å². The van der Waals surface area contributed by atoms with Crippen LogP contribution >= 0.6 is 0 Å². The fourth-order valence-electron chi connectivity index (χ4n) is 1.43. The van der Waals surface area contributed by atoms with Gasteiger partial charge in [0.25, 0.3) is 0 Å². The smallest absolute Gasteiger partial charge is 0.241 e. The van der Waals surface area contributed by atoms with E-state index in [0.717, 1.165) is 5.56 Å². The number of ether oxygens (including phenoxy) is 2. The predicted molar refractivity (Wildman–Crippen MR) is 71.6 cm³/mol. The van der Waals surface area contributed by atoms with Gasteiger partial charge in [-0.3, -0.25) is 4.79 Å². The van der Waals surface area contributed by atoms with Gasteiger partial charge in [-0.2, -0.15) is 0 Å². The summed E-state index contributed by atoms with van der Waals surface area (Å²) < 4.78 is 11.1. The largest absolute Gasteiger partial charge is 0.490 e. The van der Waals surface area contributed by atoms with Crippen molar-refractivity contribution < 1.29 is 14.3 Å². The fraction of sp³-hybridized carbons (Fsp3) is 0.357. The third kappa shape index (κ3) is 4.49. The molecule has 0 aliphatic heterocycles. The molecule has 1 amide bonds. The molecule has 18 heavy (non-hydrogen) atoms. The lowest BCUT2D eigenvalue weighted by atomic mass is 10.2. The van der Waals surface area contributed by atoms with E-state index >= 15 is 0 Å². The standard InChI is InChI=1S/C14H19NO3/c1-4-17-13-9-11(6-8-14(15)16)5-7-12(13)18-10(2)3/h5-10H,4H2,1-3H3,(H2,15,16)/b8-6-. The first-order chi connectivity index (χ1) is 8.52. The molecule has 0 aromatic heterocycles. The highest BCUT2D eigenvalue weighted by atomic mass is 16.5. The van der Waals surface area contributed by atoms with Crippen molar-refractivity contribution in [2.75, 3.05) is 6.61 Å². The van der Waals surface area contributed by atoms with Crippen LogP contribution in [-0.4, -0.2) is 18.6 Å². The molecule has 0 unspecified atom stereocenters. The van der Waals surface area contributed by atoms with Crippen LogP contribution in [0.1, 0.15) is 26.3 Å². The maximum Gasteiger partial charge on any atom is 0.241 e. The van der Waals surface area contributed by atoms with Crippen molar-refractivity contribution >= 4 is 12.0 Å². The average Bonchev–Trinajstić information content (AvgIpc) is 2.29. The van der Waals surface area contributed by atoms with Crippen LogP contribution in [0.25, 0.3) is 6.08 Å². The number of primary amides is 1. The summed E-state index contributed by atoms with van der Waals surface area (Å²) in [4.78, 5) is 10.7. The molecule has 4 nitrogen and oxygen atoms in total. The zero-order chi connectivity index (χ0) is 13.5. The van der Waals surface area contributed by atoms with E-state index in [1.54, 1.807) is 6.08 Å². The van der Waals surface area contributed by atoms with Crippen molar-refractivity contribution in [2.24, 2.45) is 5.73 Å². The van der Waals surface area contributed by atoms with Gasteiger partial charge in [-0.1, -0.05) is 6.07 Å². The molecule has 0 saturated carbocycles. The lowest BCUT2D eigenvalue weighted by Gasteiger charge is -2.14. The Hall–Kier alpha value is -1.97. The Labute approximate surface area is 107 Å². The highest BCUT2D eigenvalue weighted by molar-refractivity contribution is 5.90. The molecule has 0 atom stereocenters. The summed E-state index contributed by atoms with van der Waals surface area (Å²) >= 11 is 0. The second-order valence-corrected chi connectivity index (χ2v) is 4.04. The molecule has 0 aliphatic carbocycles. The summed E-state index contributed by atoms with van der Waals surface area (Å²) in [5.41, 5.74) is 5.89. The van der Waals surface area contributed by atoms with Crippen LogP contribution in [0.3, 0.4) is 0 Å². The van der Waals surface area contributed by atoms with Gasteiger partial charge in [0.1, 0.15) is 0 Å². The molecular weight excluding hydrogens is 230 g/mol. The molecule has 0 radical (unpaired) electrons. The van der Waals surface area contributed by atoms with Crippen LogP contribution in [0.4, 0.5) is 0 Å². The lowest BCUT2D eigenvalue weighted by Crippen LogP contribution is -2.07. The summed E-state index contributed by atoms with van der Waals surface area (Å²) in [5.74, 6) is 0.886. The van der Waals surface area contributed by atoms with Crippen molar-refractivity contribution in [2.45, 2.75) is 26.9 Å². The van der Waals surface area contributed by atoms with Gasteiger partial charge >= 0.3 is 0 Å². The molecule has 0 aliphatic rings. The minimum Gasteiger partial charge on any atom is -0.490 e. The molecular formula is C14H19NO3. The quantitative estimate of drug-likeness (QED) is 0.787. The lowest BCUT2D eigenvalue weighted by molar-refractivity contribution is -0.113. The van der Waals surface area contributed by atoms with Crippen LogP contribution < -0.4 is 15.2 Å². The third-order valence-corrected chi connectivity index (χ3v) is 2.07. The minimum absolute atomic E-state index is 0.0798. The Morgan fingerprint density at radius 1 is 1.39 bits per heavy atom. The number of carbonyl (C=O) groups is 1. The molecule has 0 fully saturated rings. The zero-order valence-corrected chi connectivity index (χ0v) is 11.0. The van der Waals surface area contributed by atoms with Gasteiger partial charge in [-0.25, -0.2) is 0 Å². The van der Waals surface area contributed by atoms with Crippen molar-refractivity contribution in [3.8, 4) is 11.5 Å². The van der Waals surface area contributed by atoms with Gasteiger partial charge in [0.05, 0.1) is 12.7 Å². The van der Waals surface area contributed by atoms with Crippen LogP contribution in [-0.2, 0) is 4.79 Å². The van der Waals surface area contributed by atoms with Gasteiger partial charge in [-0.05, 0) is 44.5 Å². The molecule has 98 valence electrons. The van der Waals surface area contributed by atoms with Gasteiger partial charge in [-0.15, -0.1) is 0 Å². The van der Waals surface area contributed by atoms with E-state index in [1.807, 2.05) is 39.0 Å². The maximum absolute atomic E-state index is 10.7. The van der Waals surface area contributed by atoms with Gasteiger partial charge in [0.15, 0.2) is 11.5 Å². The normalized spacial score (nSPS) is 10.9. The summed E-state index contributed by atoms with van der Waals surface area (Å²) in [6.45, 7) is 6.37. The second kappa shape index (κ2) is 6.69. The monoisotopic (exact) mass is 249 g/mol. The van der Waals surface area contributed by atoms with Crippen molar-refractivity contribution in [1.29, 1.82) is 0 Å². The number of amides is 1. The van der Waals surface area contributed by atoms with E-state index in [2.05, 4.69) is 0 Å². The Balaban J connectivity index is 2.98. The van der Waals surface area contributed by atoms with E-state index in [-0.39, 0.29) is 6.10 Å². The number of rotatable bonds is 6. The Kier molecular flexibility index (Phi) is 5.24. The van der Waals surface area contributed by atoms with E-state index in [1.165, 1.54) is 6.08 Å². The minimum atomic E-state index is -0.476. The summed E-state index contributed by atoms with van der Waals surface area (Å²) in [6, 6.07) is 5.49. The van der Waals surface area contributed by atoms with Gasteiger partial charge < -0.3 is 15.2 Å². The third-order valence-electron chi connectivity index (χ3n) is 2.07. The molecule has 1 rings (SSSR count). The highest BCUT2D eigenvalue weighted by Crippen LogP contribution is 2.29. The fourth-order valence-corrected chi connectivity index (χ4v) is 1.43.